The zero-order valence-corrected chi connectivity index (χ0v) is 15.2. The van der Waals surface area contributed by atoms with Crippen molar-refractivity contribution in [2.75, 3.05) is 13.6 Å². The summed E-state index contributed by atoms with van der Waals surface area (Å²) in [5, 5.41) is 0. The van der Waals surface area contributed by atoms with Crippen LogP contribution in [0.3, 0.4) is 0 Å². The normalized spacial score (nSPS) is 16.8. The Kier molecular flexibility index (Phi) is 6.33. The molecule has 1 aliphatic carbocycles. The van der Waals surface area contributed by atoms with E-state index in [1.165, 1.54) is 19.2 Å². The fourth-order valence-corrected chi connectivity index (χ4v) is 3.64. The molecule has 0 aromatic heterocycles. The van der Waals surface area contributed by atoms with E-state index in [0.29, 0.717) is 6.42 Å². The Morgan fingerprint density at radius 2 is 1.80 bits per heavy atom. The van der Waals surface area contributed by atoms with E-state index in [2.05, 4.69) is 10.9 Å². The number of benzene rings is 1. The number of sulfonamides is 1. The minimum absolute atomic E-state index is 0.116. The van der Waals surface area contributed by atoms with Gasteiger partial charge in [-0.05, 0) is 37.8 Å². The van der Waals surface area contributed by atoms with E-state index in [4.69, 9.17) is 0 Å². The Labute approximate surface area is 148 Å². The maximum Gasteiger partial charge on any atom is 0.253 e. The highest BCUT2D eigenvalue weighted by Gasteiger charge is 2.23. The molecule has 25 heavy (non-hydrogen) atoms. The highest BCUT2D eigenvalue weighted by molar-refractivity contribution is 7.89. The van der Waals surface area contributed by atoms with Gasteiger partial charge in [-0.15, -0.1) is 0 Å². The van der Waals surface area contributed by atoms with Gasteiger partial charge in [0, 0.05) is 13.5 Å². The summed E-state index contributed by atoms with van der Waals surface area (Å²) in [7, 11) is -2.44. The largest absolute Gasteiger partial charge is 0.273 e. The Morgan fingerprint density at radius 1 is 1.16 bits per heavy atom. The number of hydrogen-bond donors (Lipinski definition) is 2. The monoisotopic (exact) mass is 365 g/mol. The van der Waals surface area contributed by atoms with Crippen LogP contribution >= 0.6 is 0 Å². The summed E-state index contributed by atoms with van der Waals surface area (Å²) in [4.78, 5) is 23.7. The molecular weight excluding hydrogens is 342 g/mol. The maximum absolute atomic E-state index is 12.4. The number of amides is 2. The number of hydrazine groups is 1. The van der Waals surface area contributed by atoms with E-state index in [9.17, 15) is 18.0 Å². The van der Waals surface area contributed by atoms with Crippen molar-refractivity contribution in [2.45, 2.75) is 31.1 Å². The van der Waals surface area contributed by atoms with Gasteiger partial charge in [0.1, 0.15) is 0 Å². The Balaban J connectivity index is 1.83. The molecule has 2 amide bonds. The van der Waals surface area contributed by atoms with Gasteiger partial charge in [-0.2, -0.15) is 4.31 Å². The smallest absolute Gasteiger partial charge is 0.253 e. The van der Waals surface area contributed by atoms with Crippen LogP contribution in [0.2, 0.25) is 0 Å². The molecule has 7 nitrogen and oxygen atoms in total. The van der Waals surface area contributed by atoms with E-state index in [0.717, 1.165) is 22.7 Å². The van der Waals surface area contributed by atoms with Gasteiger partial charge < -0.3 is 0 Å². The second-order valence-electron chi connectivity index (χ2n) is 6.14. The Bertz CT molecular complexity index is 757. The van der Waals surface area contributed by atoms with Crippen molar-refractivity contribution < 1.29 is 18.0 Å². The molecule has 1 atom stereocenters. The highest BCUT2D eigenvalue weighted by Crippen LogP contribution is 2.19. The SMILES string of the molecule is Cc1ccc(S(=O)(=O)N(C)CC(=O)NNC(=O)C[C@H]2C=CCC2)cc1. The molecule has 0 fully saturated rings. The Hall–Kier alpha value is -2.19. The quantitative estimate of drug-likeness (QED) is 0.583. The molecular formula is C17H23N3O4S. The number of likely N-dealkylation sites (N-methyl/N-ethyl adjacent to an activating group) is 1. The summed E-state index contributed by atoms with van der Waals surface area (Å²) in [6.45, 7) is 1.47. The summed E-state index contributed by atoms with van der Waals surface area (Å²) < 4.78 is 25.7. The molecule has 8 heteroatoms. The zero-order valence-electron chi connectivity index (χ0n) is 14.4. The molecule has 2 N–H and O–H groups in total. The molecule has 1 aliphatic rings. The average molecular weight is 365 g/mol. The minimum Gasteiger partial charge on any atom is -0.273 e. The van der Waals surface area contributed by atoms with Gasteiger partial charge >= 0.3 is 0 Å². The fraction of sp³-hybridized carbons (Fsp3) is 0.412. The molecule has 1 aromatic carbocycles. The van der Waals surface area contributed by atoms with Gasteiger partial charge in [0.25, 0.3) is 5.91 Å². The lowest BCUT2D eigenvalue weighted by Crippen LogP contribution is -2.47. The van der Waals surface area contributed by atoms with Crippen LogP contribution in [0.4, 0.5) is 0 Å². The van der Waals surface area contributed by atoms with Crippen molar-refractivity contribution in [1.82, 2.24) is 15.2 Å². The molecule has 136 valence electrons. The van der Waals surface area contributed by atoms with Gasteiger partial charge in [-0.3, -0.25) is 20.4 Å². The van der Waals surface area contributed by atoms with Crippen LogP contribution in [0.1, 0.15) is 24.8 Å². The number of rotatable bonds is 6. The van der Waals surface area contributed by atoms with Crippen LogP contribution in [0.5, 0.6) is 0 Å². The van der Waals surface area contributed by atoms with Gasteiger partial charge in [-0.25, -0.2) is 8.42 Å². The van der Waals surface area contributed by atoms with Crippen LogP contribution in [0.15, 0.2) is 41.3 Å². The number of nitrogens with zero attached hydrogens (tertiary/aromatic N) is 1. The number of hydrogen-bond acceptors (Lipinski definition) is 4. The average Bonchev–Trinajstić information content (AvgIpc) is 3.06. The van der Waals surface area contributed by atoms with Crippen LogP contribution < -0.4 is 10.9 Å². The molecule has 0 radical (unpaired) electrons. The summed E-state index contributed by atoms with van der Waals surface area (Å²) in [5.74, 6) is -0.705. The van der Waals surface area contributed by atoms with Crippen LogP contribution in [0.25, 0.3) is 0 Å². The molecule has 2 rings (SSSR count). The number of aryl methyl sites for hydroxylation is 1. The lowest BCUT2D eigenvalue weighted by molar-refractivity contribution is -0.129. The van der Waals surface area contributed by atoms with Gasteiger partial charge in [0.2, 0.25) is 15.9 Å². The number of carbonyl (C=O) groups is 2. The number of nitrogens with one attached hydrogen (secondary N) is 2. The molecule has 0 aliphatic heterocycles. The second kappa shape index (κ2) is 8.26. The molecule has 0 bridgehead atoms. The van der Waals surface area contributed by atoms with Gasteiger partial charge in [0.05, 0.1) is 11.4 Å². The number of carbonyl (C=O) groups excluding carboxylic acids is 2. The first kappa shape index (κ1) is 19.1. The predicted octanol–water partition coefficient (Wildman–Crippen LogP) is 1.12. The third kappa shape index (κ3) is 5.40. The van der Waals surface area contributed by atoms with Crippen molar-refractivity contribution in [3.63, 3.8) is 0 Å². The summed E-state index contributed by atoms with van der Waals surface area (Å²) in [6, 6.07) is 6.38. The van der Waals surface area contributed by atoms with Crippen molar-refractivity contribution >= 4 is 21.8 Å². The van der Waals surface area contributed by atoms with Crippen molar-refractivity contribution in [3.8, 4) is 0 Å². The molecule has 0 saturated carbocycles. The van der Waals surface area contributed by atoms with E-state index in [-0.39, 0.29) is 23.3 Å². The summed E-state index contributed by atoms with van der Waals surface area (Å²) in [5.41, 5.74) is 5.51. The lowest BCUT2D eigenvalue weighted by atomic mass is 10.1. The Morgan fingerprint density at radius 3 is 2.40 bits per heavy atom. The second-order valence-corrected chi connectivity index (χ2v) is 8.19. The van der Waals surface area contributed by atoms with Crippen molar-refractivity contribution in [2.24, 2.45) is 5.92 Å². The molecule has 0 saturated heterocycles. The van der Waals surface area contributed by atoms with E-state index >= 15 is 0 Å². The third-order valence-corrected chi connectivity index (χ3v) is 5.81. The fourth-order valence-electron chi connectivity index (χ4n) is 2.51. The first-order valence-corrected chi connectivity index (χ1v) is 9.50. The van der Waals surface area contributed by atoms with Crippen LogP contribution in [-0.2, 0) is 19.6 Å². The molecule has 0 unspecified atom stereocenters. The summed E-state index contributed by atoms with van der Waals surface area (Å²) in [6.07, 6.45) is 6.21. The van der Waals surface area contributed by atoms with Crippen molar-refractivity contribution in [3.05, 3.63) is 42.0 Å². The van der Waals surface area contributed by atoms with Crippen molar-refractivity contribution in [1.29, 1.82) is 0 Å². The van der Waals surface area contributed by atoms with E-state index in [1.807, 2.05) is 19.1 Å². The van der Waals surface area contributed by atoms with E-state index in [1.54, 1.807) is 12.1 Å². The zero-order chi connectivity index (χ0) is 18.4. The first-order chi connectivity index (χ1) is 11.8. The third-order valence-electron chi connectivity index (χ3n) is 4.00. The minimum atomic E-state index is -3.76. The van der Waals surface area contributed by atoms with Crippen LogP contribution in [-0.4, -0.2) is 38.1 Å². The highest BCUT2D eigenvalue weighted by atomic mass is 32.2. The molecule has 0 spiro atoms. The van der Waals surface area contributed by atoms with Gasteiger partial charge in [0.15, 0.2) is 0 Å². The molecule has 0 heterocycles. The van der Waals surface area contributed by atoms with Gasteiger partial charge in [-0.1, -0.05) is 29.8 Å². The van der Waals surface area contributed by atoms with Crippen LogP contribution in [0, 0.1) is 12.8 Å². The topological polar surface area (TPSA) is 95.6 Å². The van der Waals surface area contributed by atoms with E-state index < -0.39 is 15.9 Å². The standard InChI is InChI=1S/C17H23N3O4S/c1-13-7-9-15(10-8-13)25(23,24)20(2)12-17(22)19-18-16(21)11-14-5-3-4-6-14/h3,5,7-10,14H,4,6,11-12H2,1-2H3,(H,18,21)(H,19,22)/t14-/m0/s1. The first-order valence-electron chi connectivity index (χ1n) is 8.06. The predicted molar refractivity (Wildman–Crippen MR) is 93.8 cm³/mol. The molecule has 1 aromatic rings. The number of allylic oxidation sites excluding steroid dienone is 2. The summed E-state index contributed by atoms with van der Waals surface area (Å²) >= 11 is 0. The maximum atomic E-state index is 12.4. The lowest BCUT2D eigenvalue weighted by Gasteiger charge is -2.17.